The van der Waals surface area contributed by atoms with E-state index in [-0.39, 0.29) is 17.4 Å². The summed E-state index contributed by atoms with van der Waals surface area (Å²) in [5, 5.41) is 6.77. The normalized spacial score (nSPS) is 12.0. The molecule has 0 unspecified atom stereocenters. The first-order valence-electron chi connectivity index (χ1n) is 11.0. The van der Waals surface area contributed by atoms with Crippen molar-refractivity contribution in [1.82, 2.24) is 14.6 Å². The summed E-state index contributed by atoms with van der Waals surface area (Å²) in [4.78, 5) is 36.5. The summed E-state index contributed by atoms with van der Waals surface area (Å²) >= 11 is 0. The van der Waals surface area contributed by atoms with Gasteiger partial charge in [0.1, 0.15) is 5.36 Å². The molecule has 0 aliphatic carbocycles. The standard InChI is InChI=1S/C24H32N6O3/c1-8-29(11-12-33-7)18-9-10-19(20(13-18)26-17(6)31)27-22-16(5)28-30-23(22)25-15(4)21(14(2)3)24(30)32/h9-10,13-14,28H,5,8,11-12H2,1-4,6-7H3,(H,26,31). The monoisotopic (exact) mass is 452 g/mol. The topological polar surface area (TPSA) is 104 Å². The van der Waals surface area contributed by atoms with Gasteiger partial charge in [0.15, 0.2) is 5.65 Å². The molecule has 0 bridgehead atoms. The number of hydrogen-bond acceptors (Lipinski definition) is 6. The third-order valence-electron chi connectivity index (χ3n) is 5.47. The molecule has 0 aliphatic heterocycles. The SMILES string of the molecule is C=c1[nH]n2c(=O)c(C(C)C)c(C)nc2c1=Nc1ccc(N(CC)CCOC)cc1NC(C)=O. The molecule has 0 atom stereocenters. The Morgan fingerprint density at radius 3 is 2.73 bits per heavy atom. The van der Waals surface area contributed by atoms with E-state index in [1.54, 1.807) is 7.11 Å². The molecule has 176 valence electrons. The second kappa shape index (κ2) is 9.99. The van der Waals surface area contributed by atoms with Gasteiger partial charge in [-0.15, -0.1) is 0 Å². The van der Waals surface area contributed by atoms with Crippen LogP contribution in [0.2, 0.25) is 0 Å². The van der Waals surface area contributed by atoms with Crippen LogP contribution in [0.3, 0.4) is 0 Å². The number of nitrogens with one attached hydrogen (secondary N) is 2. The number of amides is 1. The highest BCUT2D eigenvalue weighted by molar-refractivity contribution is 5.93. The van der Waals surface area contributed by atoms with Gasteiger partial charge in [-0.2, -0.15) is 4.52 Å². The van der Waals surface area contributed by atoms with Crippen LogP contribution in [0.4, 0.5) is 17.1 Å². The number of anilines is 2. The van der Waals surface area contributed by atoms with Crippen molar-refractivity contribution in [2.45, 2.75) is 40.5 Å². The molecule has 2 aromatic heterocycles. The highest BCUT2D eigenvalue weighted by Gasteiger charge is 2.16. The Bertz CT molecular complexity index is 1340. The van der Waals surface area contributed by atoms with Crippen molar-refractivity contribution in [2.75, 3.05) is 37.0 Å². The smallest absolute Gasteiger partial charge is 0.276 e. The maximum atomic E-state index is 13.0. The quantitative estimate of drug-likeness (QED) is 0.546. The average Bonchev–Trinajstić information content (AvgIpc) is 3.05. The fraction of sp³-hybridized carbons (Fsp3) is 0.417. The summed E-state index contributed by atoms with van der Waals surface area (Å²) in [6.07, 6.45) is 0. The number of nitrogens with zero attached hydrogens (tertiary/aromatic N) is 4. The Labute approximate surface area is 192 Å². The van der Waals surface area contributed by atoms with E-state index in [4.69, 9.17) is 9.73 Å². The maximum absolute atomic E-state index is 13.0. The van der Waals surface area contributed by atoms with Crippen LogP contribution in [0.25, 0.3) is 12.2 Å². The lowest BCUT2D eigenvalue weighted by molar-refractivity contribution is -0.114. The van der Waals surface area contributed by atoms with Gasteiger partial charge in [0.25, 0.3) is 5.56 Å². The zero-order valence-corrected chi connectivity index (χ0v) is 20.2. The minimum atomic E-state index is -0.205. The number of benzene rings is 1. The van der Waals surface area contributed by atoms with Crippen LogP contribution in [-0.2, 0) is 9.53 Å². The van der Waals surface area contributed by atoms with Crippen molar-refractivity contribution < 1.29 is 9.53 Å². The number of rotatable bonds is 8. The number of ether oxygens (including phenoxy) is 1. The molecule has 9 nitrogen and oxygen atoms in total. The molecule has 1 aromatic carbocycles. The number of aromatic amines is 1. The predicted octanol–water partition coefficient (Wildman–Crippen LogP) is 2.25. The van der Waals surface area contributed by atoms with Crippen molar-refractivity contribution in [2.24, 2.45) is 4.99 Å². The minimum absolute atomic E-state index is 0.0392. The zero-order chi connectivity index (χ0) is 24.3. The summed E-state index contributed by atoms with van der Waals surface area (Å²) in [6.45, 7) is 15.4. The number of methoxy groups -OCH3 is 1. The van der Waals surface area contributed by atoms with Crippen molar-refractivity contribution >= 4 is 35.2 Å². The third-order valence-corrected chi connectivity index (χ3v) is 5.47. The van der Waals surface area contributed by atoms with Crippen molar-refractivity contribution in [1.29, 1.82) is 0 Å². The molecule has 2 N–H and O–H groups in total. The Balaban J connectivity index is 2.21. The number of carbonyl (C=O) groups excluding carboxylic acids is 1. The molecule has 0 fully saturated rings. The Kier molecular flexibility index (Phi) is 7.33. The van der Waals surface area contributed by atoms with E-state index in [9.17, 15) is 9.59 Å². The first-order valence-corrected chi connectivity index (χ1v) is 11.0. The second-order valence-corrected chi connectivity index (χ2v) is 8.24. The largest absolute Gasteiger partial charge is 0.383 e. The third kappa shape index (κ3) is 4.98. The van der Waals surface area contributed by atoms with Gasteiger partial charge in [-0.1, -0.05) is 20.4 Å². The molecule has 33 heavy (non-hydrogen) atoms. The van der Waals surface area contributed by atoms with Crippen LogP contribution in [-0.4, -0.2) is 47.3 Å². The summed E-state index contributed by atoms with van der Waals surface area (Å²) < 4.78 is 6.59. The van der Waals surface area contributed by atoms with Crippen LogP contribution in [0.15, 0.2) is 28.0 Å². The van der Waals surface area contributed by atoms with Gasteiger partial charge in [-0.3, -0.25) is 14.7 Å². The molecule has 3 rings (SSSR count). The van der Waals surface area contributed by atoms with E-state index in [2.05, 4.69) is 33.8 Å². The van der Waals surface area contributed by atoms with Gasteiger partial charge in [-0.05, 0) is 38.0 Å². The number of aromatic nitrogens is 3. The molecule has 9 heteroatoms. The molecule has 1 amide bonds. The first kappa shape index (κ1) is 24.2. The Hall–Kier alpha value is -3.46. The molecule has 0 saturated heterocycles. The van der Waals surface area contributed by atoms with Gasteiger partial charge >= 0.3 is 0 Å². The van der Waals surface area contributed by atoms with Gasteiger partial charge < -0.3 is 15.0 Å². The predicted molar refractivity (Wildman–Crippen MR) is 131 cm³/mol. The zero-order valence-electron chi connectivity index (χ0n) is 20.2. The molecule has 0 spiro atoms. The Morgan fingerprint density at radius 2 is 2.12 bits per heavy atom. The molecule has 0 aliphatic rings. The van der Waals surface area contributed by atoms with E-state index in [0.29, 0.717) is 45.6 Å². The van der Waals surface area contributed by atoms with E-state index in [1.165, 1.54) is 11.4 Å². The number of carbonyl (C=O) groups is 1. The van der Waals surface area contributed by atoms with Crippen LogP contribution >= 0.6 is 0 Å². The van der Waals surface area contributed by atoms with Crippen LogP contribution in [0.5, 0.6) is 0 Å². The van der Waals surface area contributed by atoms with Gasteiger partial charge in [0.05, 0.1) is 23.3 Å². The van der Waals surface area contributed by atoms with Crippen molar-refractivity contribution in [3.05, 3.63) is 50.5 Å². The van der Waals surface area contributed by atoms with E-state index < -0.39 is 0 Å². The lowest BCUT2D eigenvalue weighted by Gasteiger charge is -2.23. The van der Waals surface area contributed by atoms with Crippen LogP contribution in [0.1, 0.15) is 44.9 Å². The average molecular weight is 453 g/mol. The summed E-state index contributed by atoms with van der Waals surface area (Å²) in [6, 6.07) is 5.67. The maximum Gasteiger partial charge on any atom is 0.276 e. The summed E-state index contributed by atoms with van der Waals surface area (Å²) in [7, 11) is 1.67. The molecular formula is C24H32N6O3. The van der Waals surface area contributed by atoms with Crippen molar-refractivity contribution in [3.63, 3.8) is 0 Å². The van der Waals surface area contributed by atoms with Gasteiger partial charge in [0.2, 0.25) is 5.91 Å². The number of fused-ring (bicyclic) bond motifs is 1. The van der Waals surface area contributed by atoms with Crippen LogP contribution in [0, 0.1) is 6.92 Å². The Morgan fingerprint density at radius 1 is 1.39 bits per heavy atom. The lowest BCUT2D eigenvalue weighted by Crippen LogP contribution is -2.27. The number of H-pyrrole nitrogens is 1. The molecular weight excluding hydrogens is 420 g/mol. The fourth-order valence-corrected chi connectivity index (χ4v) is 3.91. The van der Waals surface area contributed by atoms with Crippen LogP contribution < -0.4 is 26.5 Å². The lowest BCUT2D eigenvalue weighted by atomic mass is 10.0. The van der Waals surface area contributed by atoms with Crippen molar-refractivity contribution in [3.8, 4) is 0 Å². The molecule has 0 radical (unpaired) electrons. The first-order chi connectivity index (χ1) is 15.7. The number of hydrogen-bond donors (Lipinski definition) is 2. The molecule has 3 aromatic rings. The van der Waals surface area contributed by atoms with E-state index >= 15 is 0 Å². The summed E-state index contributed by atoms with van der Waals surface area (Å²) in [5.74, 6) is -0.165. The van der Waals surface area contributed by atoms with E-state index in [0.717, 1.165) is 18.8 Å². The van der Waals surface area contributed by atoms with E-state index in [1.807, 2.05) is 39.0 Å². The highest BCUT2D eigenvalue weighted by atomic mass is 16.5. The number of aryl methyl sites for hydroxylation is 1. The second-order valence-electron chi connectivity index (χ2n) is 8.24. The minimum Gasteiger partial charge on any atom is -0.383 e. The van der Waals surface area contributed by atoms with Gasteiger partial charge in [0, 0.05) is 44.1 Å². The van der Waals surface area contributed by atoms with Gasteiger partial charge in [-0.25, -0.2) is 9.98 Å². The fourth-order valence-electron chi connectivity index (χ4n) is 3.91. The summed E-state index contributed by atoms with van der Waals surface area (Å²) in [5.41, 5.74) is 3.61. The number of likely N-dealkylation sites (N-methyl/N-ethyl adjacent to an activating group) is 1. The highest BCUT2D eigenvalue weighted by Crippen LogP contribution is 2.30. The molecule has 2 heterocycles. The molecule has 0 saturated carbocycles.